The summed E-state index contributed by atoms with van der Waals surface area (Å²) in [6.07, 6.45) is 16.4. The Morgan fingerprint density at radius 1 is 0.460 bits per heavy atom. The van der Waals surface area contributed by atoms with E-state index in [2.05, 4.69) is 66.7 Å². The molecule has 4 nitrogen and oxygen atoms in total. The summed E-state index contributed by atoms with van der Waals surface area (Å²) in [6, 6.07) is 38.0. The topological polar surface area (TPSA) is 63.6 Å². The quantitative estimate of drug-likeness (QED) is 0.163. The van der Waals surface area contributed by atoms with Crippen molar-refractivity contribution in [1.29, 1.82) is 0 Å². The molecule has 1 N–H and O–H groups in total. The van der Waals surface area contributed by atoms with Gasteiger partial charge in [0.15, 0.2) is 11.6 Å². The molecular formula is C59H66O4. The molecule has 0 aromatic heterocycles. The molecule has 8 aliphatic carbocycles. The van der Waals surface area contributed by atoms with E-state index in [1.807, 2.05) is 49.6 Å². The van der Waals surface area contributed by atoms with Crippen molar-refractivity contribution in [1.82, 2.24) is 0 Å². The Morgan fingerprint density at radius 2 is 0.794 bits per heavy atom. The lowest BCUT2D eigenvalue weighted by atomic mass is 9.48. The van der Waals surface area contributed by atoms with Crippen molar-refractivity contribution in [3.63, 3.8) is 0 Å². The van der Waals surface area contributed by atoms with Gasteiger partial charge in [-0.1, -0.05) is 75.5 Å². The van der Waals surface area contributed by atoms with Gasteiger partial charge in [0.1, 0.15) is 11.5 Å². The molecule has 0 unspecified atom stereocenters. The number of aromatic hydroxyl groups is 1. The zero-order chi connectivity index (χ0) is 41.6. The number of phenolic OH excluding ortho intramolecular Hbond substituents is 1. The van der Waals surface area contributed by atoms with Gasteiger partial charge in [0.05, 0.1) is 7.11 Å². The highest BCUT2D eigenvalue weighted by Crippen LogP contribution is 2.63. The van der Waals surface area contributed by atoms with E-state index in [4.69, 9.17) is 4.74 Å². The summed E-state index contributed by atoms with van der Waals surface area (Å²) in [5, 5.41) is 15.4. The van der Waals surface area contributed by atoms with Gasteiger partial charge >= 0.3 is 0 Å². The molecule has 14 rings (SSSR count). The Morgan fingerprint density at radius 3 is 1.21 bits per heavy atom. The first-order valence-electron chi connectivity index (χ1n) is 23.1. The van der Waals surface area contributed by atoms with Crippen LogP contribution < -0.4 is 4.74 Å². The average Bonchev–Trinajstić information content (AvgIpc) is 3.25. The van der Waals surface area contributed by atoms with Crippen LogP contribution >= 0.6 is 0 Å². The lowest BCUT2D eigenvalue weighted by Gasteiger charge is -2.57. The SMILES string of the molecule is C.C.CC(=O)c1ccc2cc(-c3ccc(O)c(C45CC6CC(CC(C6)C4)C5)c3)ccc2c1.COc1ccc(-c2ccc3cc(C(C)=O)ccc3c2)cc1C12CC3CC(CC(C3)C1)C2. The number of rotatable bonds is 7. The standard InChI is InChI=1S/C29H30O2.C28H28O2.2CH4/c1-18(30)22-3-4-24-13-25(6-5-23(24)12-22)26-7-8-28(31-2)27(14-26)29-15-19-9-20(16-29)11-21(10-19)17-29;1-17(29)21-2-3-23-12-24(5-4-22(23)11-21)25-6-7-27(30)26(13-25)28-14-18-8-19(15-28)10-20(9-18)16-28;;/h3-8,12-14,19-21H,9-11,15-17H2,1-2H3;2-7,11-13,18-20,30H,8-10,14-16H2,1H3;2*1H4. The first-order chi connectivity index (χ1) is 29.5. The lowest BCUT2D eigenvalue weighted by molar-refractivity contribution is -0.00626. The monoisotopic (exact) mass is 838 g/mol. The third kappa shape index (κ3) is 7.70. The number of Topliss-reactive ketones (excluding diaryl/α,β-unsaturated/α-hetero) is 2. The van der Waals surface area contributed by atoms with E-state index in [0.717, 1.165) is 68.5 Å². The molecule has 8 bridgehead atoms. The minimum Gasteiger partial charge on any atom is -0.508 e. The van der Waals surface area contributed by atoms with E-state index in [1.165, 1.54) is 116 Å². The molecule has 0 aliphatic heterocycles. The molecule has 326 valence electrons. The Balaban J connectivity index is 0.000000155. The molecule has 0 radical (unpaired) electrons. The molecule has 8 fully saturated rings. The molecule has 8 aliphatic rings. The molecule has 0 saturated heterocycles. The highest BCUT2D eigenvalue weighted by atomic mass is 16.5. The summed E-state index contributed by atoms with van der Waals surface area (Å²) >= 11 is 0. The van der Waals surface area contributed by atoms with Gasteiger partial charge < -0.3 is 9.84 Å². The van der Waals surface area contributed by atoms with E-state index >= 15 is 0 Å². The van der Waals surface area contributed by atoms with Gasteiger partial charge in [-0.15, -0.1) is 0 Å². The Kier molecular flexibility index (Phi) is 11.2. The van der Waals surface area contributed by atoms with Gasteiger partial charge in [-0.25, -0.2) is 0 Å². The number of carbonyl (C=O) groups is 2. The molecule has 8 saturated carbocycles. The maximum atomic E-state index is 11.7. The fraction of sp³-hybridized carbons (Fsp3) is 0.424. The van der Waals surface area contributed by atoms with Crippen molar-refractivity contribution in [2.75, 3.05) is 7.11 Å². The fourth-order valence-corrected chi connectivity index (χ4v) is 14.6. The minimum absolute atomic E-state index is 0. The van der Waals surface area contributed by atoms with Gasteiger partial charge in [0.2, 0.25) is 0 Å². The number of hydrogen-bond donors (Lipinski definition) is 1. The van der Waals surface area contributed by atoms with Gasteiger partial charge in [-0.3, -0.25) is 9.59 Å². The van der Waals surface area contributed by atoms with E-state index in [0.29, 0.717) is 11.2 Å². The number of hydrogen-bond acceptors (Lipinski definition) is 4. The highest BCUT2D eigenvalue weighted by Gasteiger charge is 2.53. The number of ketones is 2. The van der Waals surface area contributed by atoms with Crippen molar-refractivity contribution in [2.45, 2.75) is 117 Å². The number of ether oxygens (including phenoxy) is 1. The van der Waals surface area contributed by atoms with Crippen molar-refractivity contribution in [3.8, 4) is 33.8 Å². The highest BCUT2D eigenvalue weighted by molar-refractivity contribution is 6.00. The van der Waals surface area contributed by atoms with Crippen LogP contribution in [0.3, 0.4) is 0 Å². The van der Waals surface area contributed by atoms with Crippen molar-refractivity contribution < 1.29 is 19.4 Å². The van der Waals surface area contributed by atoms with E-state index in [1.54, 1.807) is 13.8 Å². The van der Waals surface area contributed by atoms with Crippen molar-refractivity contribution in [2.24, 2.45) is 35.5 Å². The van der Waals surface area contributed by atoms with Crippen LogP contribution in [0.1, 0.15) is 138 Å². The van der Waals surface area contributed by atoms with Crippen LogP contribution in [-0.4, -0.2) is 23.8 Å². The normalized spacial score (nSPS) is 28.2. The van der Waals surface area contributed by atoms with E-state index in [9.17, 15) is 14.7 Å². The second kappa shape index (κ2) is 16.4. The van der Waals surface area contributed by atoms with Crippen molar-refractivity contribution in [3.05, 3.63) is 131 Å². The largest absolute Gasteiger partial charge is 0.508 e. The zero-order valence-corrected chi connectivity index (χ0v) is 36.0. The molecule has 4 heteroatoms. The Bertz CT molecular complexity index is 2670. The van der Waals surface area contributed by atoms with Crippen LogP contribution in [0, 0.1) is 35.5 Å². The predicted octanol–water partition coefficient (Wildman–Crippen LogP) is 15.3. The molecule has 0 heterocycles. The fourth-order valence-electron chi connectivity index (χ4n) is 14.6. The third-order valence-corrected chi connectivity index (χ3v) is 16.6. The number of carbonyl (C=O) groups excluding carboxylic acids is 2. The average molecular weight is 839 g/mol. The Labute approximate surface area is 375 Å². The number of benzene rings is 6. The summed E-state index contributed by atoms with van der Waals surface area (Å²) in [5.41, 5.74) is 9.49. The number of methoxy groups -OCH3 is 1. The van der Waals surface area contributed by atoms with Gasteiger partial charge in [0.25, 0.3) is 0 Å². The van der Waals surface area contributed by atoms with E-state index < -0.39 is 0 Å². The molecule has 0 amide bonds. The first-order valence-corrected chi connectivity index (χ1v) is 23.1. The third-order valence-electron chi connectivity index (χ3n) is 16.6. The van der Waals surface area contributed by atoms with Crippen LogP contribution in [0.15, 0.2) is 109 Å². The second-order valence-corrected chi connectivity index (χ2v) is 20.7. The summed E-state index contributed by atoms with van der Waals surface area (Å²) < 4.78 is 5.90. The smallest absolute Gasteiger partial charge is 0.159 e. The maximum absolute atomic E-state index is 11.7. The zero-order valence-electron chi connectivity index (χ0n) is 36.0. The first kappa shape index (κ1) is 43.1. The van der Waals surface area contributed by atoms with Crippen LogP contribution in [-0.2, 0) is 10.8 Å². The van der Waals surface area contributed by atoms with Crippen LogP contribution in [0.5, 0.6) is 11.5 Å². The predicted molar refractivity (Wildman–Crippen MR) is 260 cm³/mol. The minimum atomic E-state index is 0. The van der Waals surface area contributed by atoms with Crippen LogP contribution in [0.25, 0.3) is 43.8 Å². The molecular weight excluding hydrogens is 773 g/mol. The number of phenols is 1. The van der Waals surface area contributed by atoms with Gasteiger partial charge in [0, 0.05) is 22.3 Å². The molecule has 0 atom stereocenters. The summed E-state index contributed by atoms with van der Waals surface area (Å²) in [5.74, 6) is 7.06. The Hall–Kier alpha value is -5.22. The molecule has 0 spiro atoms. The summed E-state index contributed by atoms with van der Waals surface area (Å²) in [7, 11) is 1.82. The van der Waals surface area contributed by atoms with Crippen molar-refractivity contribution >= 4 is 33.1 Å². The number of fused-ring (bicyclic) bond motifs is 2. The lowest BCUT2D eigenvalue weighted by Crippen LogP contribution is -2.48. The van der Waals surface area contributed by atoms with Crippen LogP contribution in [0.2, 0.25) is 0 Å². The molecule has 6 aromatic rings. The molecule has 6 aromatic carbocycles. The molecule has 63 heavy (non-hydrogen) atoms. The maximum Gasteiger partial charge on any atom is 0.159 e. The van der Waals surface area contributed by atoms with Gasteiger partial charge in [-0.2, -0.15) is 0 Å². The summed E-state index contributed by atoms with van der Waals surface area (Å²) in [4.78, 5) is 23.4. The second-order valence-electron chi connectivity index (χ2n) is 20.7. The van der Waals surface area contributed by atoms with Crippen LogP contribution in [0.4, 0.5) is 0 Å². The van der Waals surface area contributed by atoms with E-state index in [-0.39, 0.29) is 31.8 Å². The van der Waals surface area contributed by atoms with Gasteiger partial charge in [-0.05, 0) is 230 Å². The summed E-state index contributed by atoms with van der Waals surface area (Å²) in [6.45, 7) is 3.23.